The van der Waals surface area contributed by atoms with Crippen LogP contribution in [0.5, 0.6) is 0 Å². The lowest BCUT2D eigenvalue weighted by Crippen LogP contribution is -2.25. The van der Waals surface area contributed by atoms with Gasteiger partial charge in [0.25, 0.3) is 0 Å². The van der Waals surface area contributed by atoms with Crippen LogP contribution >= 0.6 is 22.9 Å². The molecule has 0 saturated heterocycles. The molecule has 0 bridgehead atoms. The van der Waals surface area contributed by atoms with Crippen molar-refractivity contribution in [2.75, 3.05) is 19.8 Å². The van der Waals surface area contributed by atoms with Crippen LogP contribution in [0.3, 0.4) is 0 Å². The zero-order valence-electron chi connectivity index (χ0n) is 11.7. The highest BCUT2D eigenvalue weighted by Gasteiger charge is 2.21. The molecule has 1 aromatic heterocycles. The Hall–Kier alpha value is -0.0900. The first-order valence-electron chi connectivity index (χ1n) is 7.40. The summed E-state index contributed by atoms with van der Waals surface area (Å²) in [6.45, 7) is 5.00. The first kappa shape index (κ1) is 15.3. The number of unbranched alkanes of at least 4 members (excludes halogenated alkanes) is 1. The maximum atomic E-state index is 6.12. The summed E-state index contributed by atoms with van der Waals surface area (Å²) in [5, 5.41) is 3.65. The predicted octanol–water partition coefficient (Wildman–Crippen LogP) is 4.58. The predicted molar refractivity (Wildman–Crippen MR) is 83.4 cm³/mol. The van der Waals surface area contributed by atoms with Gasteiger partial charge in [-0.2, -0.15) is 0 Å². The first-order valence-corrected chi connectivity index (χ1v) is 8.60. The summed E-state index contributed by atoms with van der Waals surface area (Å²) < 4.78 is 6.51. The Bertz CT molecular complexity index is 380. The summed E-state index contributed by atoms with van der Waals surface area (Å²) in [5.74, 6) is 0. The van der Waals surface area contributed by atoms with Crippen LogP contribution in [-0.2, 0) is 11.2 Å². The molecule has 0 fully saturated rings. The van der Waals surface area contributed by atoms with E-state index in [0.29, 0.717) is 6.04 Å². The highest BCUT2D eigenvalue weighted by Crippen LogP contribution is 2.37. The smallest absolute Gasteiger partial charge is 0.0934 e. The van der Waals surface area contributed by atoms with Gasteiger partial charge in [-0.1, -0.05) is 24.9 Å². The molecule has 1 aromatic rings. The summed E-state index contributed by atoms with van der Waals surface area (Å²) >= 11 is 7.87. The lowest BCUT2D eigenvalue weighted by Gasteiger charge is -2.23. The SMILES string of the molecule is CCCCOCCCNC1CCCc2sc(Cl)cc21. The second-order valence-electron chi connectivity index (χ2n) is 5.15. The lowest BCUT2D eigenvalue weighted by molar-refractivity contribution is 0.128. The molecule has 1 unspecified atom stereocenters. The fourth-order valence-corrected chi connectivity index (χ4v) is 3.92. The third-order valence-corrected chi connectivity index (χ3v) is 4.92. The molecule has 1 aliphatic carbocycles. The summed E-state index contributed by atoms with van der Waals surface area (Å²) in [6, 6.07) is 2.65. The van der Waals surface area contributed by atoms with Crippen molar-refractivity contribution in [1.82, 2.24) is 5.32 Å². The summed E-state index contributed by atoms with van der Waals surface area (Å²) in [4.78, 5) is 1.48. The fraction of sp³-hybridized carbons (Fsp3) is 0.733. The normalized spacial score (nSPS) is 18.5. The zero-order chi connectivity index (χ0) is 13.5. The molecule has 2 nitrogen and oxygen atoms in total. The van der Waals surface area contributed by atoms with Crippen LogP contribution in [0.15, 0.2) is 6.07 Å². The van der Waals surface area contributed by atoms with Gasteiger partial charge in [-0.15, -0.1) is 11.3 Å². The van der Waals surface area contributed by atoms with E-state index in [4.69, 9.17) is 16.3 Å². The number of thiophene rings is 1. The van der Waals surface area contributed by atoms with E-state index in [2.05, 4.69) is 18.3 Å². The first-order chi connectivity index (χ1) is 9.31. The van der Waals surface area contributed by atoms with Crippen molar-refractivity contribution < 1.29 is 4.74 Å². The minimum absolute atomic E-state index is 0.503. The molecule has 0 radical (unpaired) electrons. The quantitative estimate of drug-likeness (QED) is 0.710. The Kier molecular flexibility index (Phi) is 6.65. The third-order valence-electron chi connectivity index (χ3n) is 3.58. The monoisotopic (exact) mass is 301 g/mol. The second kappa shape index (κ2) is 8.25. The molecule has 0 aromatic carbocycles. The maximum Gasteiger partial charge on any atom is 0.0934 e. The van der Waals surface area contributed by atoms with Crippen LogP contribution in [0.4, 0.5) is 0 Å². The van der Waals surface area contributed by atoms with Crippen molar-refractivity contribution in [2.24, 2.45) is 0 Å². The van der Waals surface area contributed by atoms with Crippen molar-refractivity contribution in [3.05, 3.63) is 20.8 Å². The molecule has 0 saturated carbocycles. The number of fused-ring (bicyclic) bond motifs is 1. The average molecular weight is 302 g/mol. The van der Waals surface area contributed by atoms with Gasteiger partial charge in [-0.05, 0) is 50.3 Å². The van der Waals surface area contributed by atoms with Crippen LogP contribution in [0.25, 0.3) is 0 Å². The Balaban J connectivity index is 1.67. The number of nitrogens with one attached hydrogen (secondary N) is 1. The highest BCUT2D eigenvalue weighted by molar-refractivity contribution is 7.16. The van der Waals surface area contributed by atoms with Crippen LogP contribution in [-0.4, -0.2) is 19.8 Å². The van der Waals surface area contributed by atoms with E-state index in [-0.39, 0.29) is 0 Å². The molecule has 1 heterocycles. The van der Waals surface area contributed by atoms with E-state index in [0.717, 1.165) is 30.5 Å². The van der Waals surface area contributed by atoms with Crippen LogP contribution in [0.2, 0.25) is 4.34 Å². The van der Waals surface area contributed by atoms with E-state index in [9.17, 15) is 0 Å². The number of aryl methyl sites for hydroxylation is 1. The van der Waals surface area contributed by atoms with E-state index in [1.54, 1.807) is 11.3 Å². The van der Waals surface area contributed by atoms with E-state index in [1.165, 1.54) is 42.5 Å². The van der Waals surface area contributed by atoms with Crippen molar-refractivity contribution >= 4 is 22.9 Å². The summed E-state index contributed by atoms with van der Waals surface area (Å²) in [7, 11) is 0. The van der Waals surface area contributed by atoms with Crippen molar-refractivity contribution in [3.8, 4) is 0 Å². The highest BCUT2D eigenvalue weighted by atomic mass is 35.5. The topological polar surface area (TPSA) is 21.3 Å². The van der Waals surface area contributed by atoms with Crippen LogP contribution in [0, 0.1) is 0 Å². The Morgan fingerprint density at radius 2 is 2.26 bits per heavy atom. The van der Waals surface area contributed by atoms with E-state index >= 15 is 0 Å². The number of hydrogen-bond acceptors (Lipinski definition) is 3. The van der Waals surface area contributed by atoms with Gasteiger partial charge in [0.15, 0.2) is 0 Å². The largest absolute Gasteiger partial charge is 0.381 e. The number of ether oxygens (including phenoxy) is 1. The molecular weight excluding hydrogens is 278 g/mol. The summed E-state index contributed by atoms with van der Waals surface area (Å²) in [5.41, 5.74) is 1.44. The lowest BCUT2D eigenvalue weighted by atomic mass is 9.94. The average Bonchev–Trinajstić information content (AvgIpc) is 2.78. The molecule has 0 spiro atoms. The molecule has 108 valence electrons. The maximum absolute atomic E-state index is 6.12. The molecular formula is C15H24ClNOS. The fourth-order valence-electron chi connectivity index (χ4n) is 2.53. The minimum atomic E-state index is 0.503. The molecule has 19 heavy (non-hydrogen) atoms. The zero-order valence-corrected chi connectivity index (χ0v) is 13.3. The molecule has 1 aliphatic rings. The van der Waals surface area contributed by atoms with Gasteiger partial charge in [0, 0.05) is 24.1 Å². The molecule has 1 atom stereocenters. The third kappa shape index (κ3) is 4.75. The van der Waals surface area contributed by atoms with Crippen molar-refractivity contribution in [1.29, 1.82) is 0 Å². The van der Waals surface area contributed by atoms with E-state index in [1.807, 2.05) is 0 Å². The van der Waals surface area contributed by atoms with Gasteiger partial charge in [-0.25, -0.2) is 0 Å². The Morgan fingerprint density at radius 1 is 1.42 bits per heavy atom. The minimum Gasteiger partial charge on any atom is -0.381 e. The van der Waals surface area contributed by atoms with E-state index < -0.39 is 0 Å². The van der Waals surface area contributed by atoms with Crippen LogP contribution in [0.1, 0.15) is 55.5 Å². The Morgan fingerprint density at radius 3 is 3.11 bits per heavy atom. The molecule has 1 N–H and O–H groups in total. The van der Waals surface area contributed by atoms with Gasteiger partial charge in [0.1, 0.15) is 0 Å². The molecule has 2 rings (SSSR count). The van der Waals surface area contributed by atoms with Gasteiger partial charge in [0.05, 0.1) is 4.34 Å². The molecule has 4 heteroatoms. The van der Waals surface area contributed by atoms with Gasteiger partial charge < -0.3 is 10.1 Å². The van der Waals surface area contributed by atoms with Crippen LogP contribution < -0.4 is 5.32 Å². The summed E-state index contributed by atoms with van der Waals surface area (Å²) in [6.07, 6.45) is 7.18. The van der Waals surface area contributed by atoms with Gasteiger partial charge in [0.2, 0.25) is 0 Å². The van der Waals surface area contributed by atoms with Gasteiger partial charge in [-0.3, -0.25) is 0 Å². The molecule has 0 amide bonds. The second-order valence-corrected chi connectivity index (χ2v) is 6.92. The standard InChI is InChI=1S/C15H24ClNOS/c1-2-3-9-18-10-5-8-17-13-6-4-7-14-12(13)11-15(16)19-14/h11,13,17H,2-10H2,1H3. The number of rotatable bonds is 8. The Labute approximate surface area is 125 Å². The number of hydrogen-bond donors (Lipinski definition) is 1. The van der Waals surface area contributed by atoms with Crippen molar-refractivity contribution in [2.45, 2.75) is 51.5 Å². The van der Waals surface area contributed by atoms with Gasteiger partial charge >= 0.3 is 0 Å². The van der Waals surface area contributed by atoms with Crippen molar-refractivity contribution in [3.63, 3.8) is 0 Å². The number of halogens is 1. The molecule has 0 aliphatic heterocycles.